The summed E-state index contributed by atoms with van der Waals surface area (Å²) in [6, 6.07) is 0. The summed E-state index contributed by atoms with van der Waals surface area (Å²) >= 11 is 0. The second kappa shape index (κ2) is 61.3. The molecule has 0 fully saturated rings. The SMILES string of the molecule is CC/C=C\C/C=C\C/C=C\C/C=C\C/C=C\CC(=O)OC(COC(=O)CCCCCCCCCCCCCCCCCCCCCCCCCCCCCCCCCCCCCCCCCCC)COP(=O)([O-])OCC[N+](C)(C)C. The largest absolute Gasteiger partial charge is 0.756 e. The van der Waals surface area contributed by atoms with E-state index in [2.05, 4.69) is 56.4 Å². The Morgan fingerprint density at radius 2 is 0.700 bits per heavy atom. The van der Waals surface area contributed by atoms with Crippen molar-refractivity contribution in [2.24, 2.45) is 0 Å². The average Bonchev–Trinajstić information content (AvgIpc) is 3.42. The Kier molecular flexibility index (Phi) is 59.5. The third-order valence-corrected chi connectivity index (χ3v) is 16.0. The first-order valence-electron chi connectivity index (χ1n) is 34.0. The number of phosphoric ester groups is 1. The molecule has 0 bridgehead atoms. The number of hydrogen-bond acceptors (Lipinski definition) is 8. The lowest BCUT2D eigenvalue weighted by Gasteiger charge is -2.28. The van der Waals surface area contributed by atoms with E-state index in [0.717, 1.165) is 44.9 Å². The molecule has 0 aliphatic rings. The van der Waals surface area contributed by atoms with Gasteiger partial charge in [-0.15, -0.1) is 0 Å². The zero-order chi connectivity index (χ0) is 58.4. The van der Waals surface area contributed by atoms with Crippen molar-refractivity contribution in [3.05, 3.63) is 60.8 Å². The minimum atomic E-state index is -4.66. The second-order valence-corrected chi connectivity index (χ2v) is 25.6. The van der Waals surface area contributed by atoms with Gasteiger partial charge in [0.1, 0.15) is 19.8 Å². The van der Waals surface area contributed by atoms with Crippen LogP contribution in [-0.4, -0.2) is 70.0 Å². The molecule has 2 unspecified atom stereocenters. The van der Waals surface area contributed by atoms with Crippen molar-refractivity contribution in [1.29, 1.82) is 0 Å². The van der Waals surface area contributed by atoms with Crippen LogP contribution < -0.4 is 4.89 Å². The standard InChI is InChI=1S/C70H130NO8P/c1-6-8-10-12-14-16-18-20-22-23-24-25-26-27-28-29-30-31-32-33-34-35-36-37-38-39-40-41-42-43-44-45-46-47-49-50-52-54-56-58-60-62-69(72)76-66-68(67-78-80(74,75)77-65-64-71(3,4)5)79-70(73)63-61-59-57-55-53-51-48-21-19-17-15-13-11-9-7-2/h9,11,15,17,21,48,53,55,59,61,68H,6-8,10,12-14,16,18-20,22-47,49-52,54,56-58,60,62-67H2,1-5H3/b11-9-,17-15-,48-21-,55-53-,61-59-. The maximum Gasteiger partial charge on any atom is 0.310 e. The van der Waals surface area contributed by atoms with Gasteiger partial charge in [-0.05, 0) is 38.5 Å². The molecule has 2 atom stereocenters. The van der Waals surface area contributed by atoms with Gasteiger partial charge >= 0.3 is 11.9 Å². The third kappa shape index (κ3) is 64.9. The number of allylic oxidation sites excluding steroid dienone is 9. The number of quaternary nitrogens is 1. The lowest BCUT2D eigenvalue weighted by atomic mass is 10.0. The van der Waals surface area contributed by atoms with E-state index in [-0.39, 0.29) is 26.1 Å². The molecule has 0 aliphatic heterocycles. The fourth-order valence-corrected chi connectivity index (χ4v) is 10.6. The van der Waals surface area contributed by atoms with Gasteiger partial charge in [-0.2, -0.15) is 0 Å². The van der Waals surface area contributed by atoms with Gasteiger partial charge in [-0.1, -0.05) is 331 Å². The number of likely N-dealkylation sites (N-methyl/N-ethyl adjacent to an activating group) is 1. The molecule has 0 saturated carbocycles. The number of carbonyl (C=O) groups is 2. The molecule has 10 heteroatoms. The molecule has 0 N–H and O–H groups in total. The van der Waals surface area contributed by atoms with Gasteiger partial charge in [-0.25, -0.2) is 0 Å². The molecule has 80 heavy (non-hydrogen) atoms. The Morgan fingerprint density at radius 3 is 1.01 bits per heavy atom. The second-order valence-electron chi connectivity index (χ2n) is 24.2. The van der Waals surface area contributed by atoms with Gasteiger partial charge < -0.3 is 27.9 Å². The topological polar surface area (TPSA) is 111 Å². The molecule has 0 aliphatic carbocycles. The minimum Gasteiger partial charge on any atom is -0.756 e. The molecule has 468 valence electrons. The molecule has 0 aromatic carbocycles. The Balaban J connectivity index is 3.85. The smallest absolute Gasteiger partial charge is 0.310 e. The van der Waals surface area contributed by atoms with Gasteiger partial charge in [-0.3, -0.25) is 14.2 Å². The van der Waals surface area contributed by atoms with Crippen LogP contribution in [0.1, 0.15) is 322 Å². The van der Waals surface area contributed by atoms with Crippen LogP contribution in [0.15, 0.2) is 60.8 Å². The highest BCUT2D eigenvalue weighted by molar-refractivity contribution is 7.45. The lowest BCUT2D eigenvalue weighted by molar-refractivity contribution is -0.870. The summed E-state index contributed by atoms with van der Waals surface area (Å²) in [4.78, 5) is 37.8. The van der Waals surface area contributed by atoms with Crippen LogP contribution in [0, 0.1) is 0 Å². The van der Waals surface area contributed by atoms with Crippen LogP contribution >= 0.6 is 7.82 Å². The summed E-state index contributed by atoms with van der Waals surface area (Å²) in [6.07, 6.45) is 81.0. The summed E-state index contributed by atoms with van der Waals surface area (Å²) in [7, 11) is 1.12. The maximum absolute atomic E-state index is 12.7. The van der Waals surface area contributed by atoms with Gasteiger partial charge in [0, 0.05) is 6.42 Å². The van der Waals surface area contributed by atoms with E-state index >= 15 is 0 Å². The van der Waals surface area contributed by atoms with Crippen molar-refractivity contribution in [1.82, 2.24) is 0 Å². The zero-order valence-corrected chi connectivity index (χ0v) is 54.2. The van der Waals surface area contributed by atoms with Crippen molar-refractivity contribution in [2.45, 2.75) is 328 Å². The van der Waals surface area contributed by atoms with Crippen molar-refractivity contribution in [3.63, 3.8) is 0 Å². The number of unbranched alkanes of at least 4 members (excludes halogenated alkanes) is 40. The first-order valence-corrected chi connectivity index (χ1v) is 35.5. The highest BCUT2D eigenvalue weighted by Crippen LogP contribution is 2.38. The summed E-state index contributed by atoms with van der Waals surface area (Å²) in [5, 5.41) is 0. The summed E-state index contributed by atoms with van der Waals surface area (Å²) in [6.45, 7) is 4.04. The number of phosphoric acid groups is 1. The van der Waals surface area contributed by atoms with Crippen LogP contribution in [0.2, 0.25) is 0 Å². The summed E-state index contributed by atoms with van der Waals surface area (Å²) in [5.74, 6) is -0.972. The minimum absolute atomic E-state index is 0.00714. The molecular weight excluding hydrogens is 1010 g/mol. The molecule has 0 spiro atoms. The van der Waals surface area contributed by atoms with E-state index in [9.17, 15) is 19.0 Å². The average molecular weight is 1140 g/mol. The van der Waals surface area contributed by atoms with Crippen molar-refractivity contribution in [3.8, 4) is 0 Å². The number of carbonyl (C=O) groups excluding carboxylic acids is 2. The zero-order valence-electron chi connectivity index (χ0n) is 53.3. The highest BCUT2D eigenvalue weighted by Gasteiger charge is 2.21. The van der Waals surface area contributed by atoms with Gasteiger partial charge in [0.15, 0.2) is 6.10 Å². The Bertz CT molecular complexity index is 1530. The fraction of sp³-hybridized carbons (Fsp3) is 0.829. The molecule has 0 heterocycles. The Labute approximate surface area is 496 Å². The summed E-state index contributed by atoms with van der Waals surface area (Å²) < 4.78 is 34.0. The number of nitrogens with zero attached hydrogens (tertiary/aromatic N) is 1. The molecule has 0 rings (SSSR count). The van der Waals surface area contributed by atoms with E-state index in [1.807, 2.05) is 33.3 Å². The third-order valence-electron chi connectivity index (χ3n) is 15.1. The monoisotopic (exact) mass is 1140 g/mol. The number of hydrogen-bond donors (Lipinski definition) is 0. The molecule has 0 saturated heterocycles. The first kappa shape index (κ1) is 77.7. The molecule has 0 aromatic heterocycles. The predicted molar refractivity (Wildman–Crippen MR) is 342 cm³/mol. The van der Waals surface area contributed by atoms with E-state index in [1.165, 1.54) is 244 Å². The van der Waals surface area contributed by atoms with Crippen molar-refractivity contribution in [2.75, 3.05) is 47.5 Å². The van der Waals surface area contributed by atoms with Crippen molar-refractivity contribution < 1.29 is 42.1 Å². The molecule has 0 aromatic rings. The van der Waals surface area contributed by atoms with Crippen molar-refractivity contribution >= 4 is 19.8 Å². The van der Waals surface area contributed by atoms with Gasteiger partial charge in [0.05, 0.1) is 34.2 Å². The highest BCUT2D eigenvalue weighted by atomic mass is 31.2. The van der Waals surface area contributed by atoms with E-state index < -0.39 is 32.5 Å². The van der Waals surface area contributed by atoms with Crippen LogP contribution in [0.3, 0.4) is 0 Å². The maximum atomic E-state index is 12.7. The quantitative estimate of drug-likeness (QED) is 0.0195. The van der Waals surface area contributed by atoms with E-state index in [4.69, 9.17) is 18.5 Å². The van der Waals surface area contributed by atoms with Gasteiger partial charge in [0.2, 0.25) is 0 Å². The van der Waals surface area contributed by atoms with Crippen LogP contribution in [0.25, 0.3) is 0 Å². The molecule has 9 nitrogen and oxygen atoms in total. The normalized spacial score (nSPS) is 13.5. The Hall–Kier alpha value is -2.29. The van der Waals surface area contributed by atoms with Crippen LogP contribution in [-0.2, 0) is 32.7 Å². The van der Waals surface area contributed by atoms with E-state index in [0.29, 0.717) is 17.4 Å². The van der Waals surface area contributed by atoms with E-state index in [1.54, 1.807) is 6.08 Å². The first-order chi connectivity index (χ1) is 39.0. The van der Waals surface area contributed by atoms with Crippen LogP contribution in [0.5, 0.6) is 0 Å². The number of rotatable bonds is 63. The Morgan fingerprint density at radius 1 is 0.400 bits per heavy atom. The predicted octanol–water partition coefficient (Wildman–Crippen LogP) is 21.2. The lowest BCUT2D eigenvalue weighted by Crippen LogP contribution is -2.37. The fourth-order valence-electron chi connectivity index (χ4n) is 9.91. The summed E-state index contributed by atoms with van der Waals surface area (Å²) in [5.41, 5.74) is 0. The van der Waals surface area contributed by atoms with Gasteiger partial charge in [0.25, 0.3) is 7.82 Å². The van der Waals surface area contributed by atoms with Crippen LogP contribution in [0.4, 0.5) is 0 Å². The molecule has 0 radical (unpaired) electrons. The number of esters is 2. The molecule has 0 amide bonds. The molecular formula is C70H130NO8P. The number of ether oxygens (including phenoxy) is 2.